The number of carbonyl (C=O) groups excluding carboxylic acids is 1. The molecular weight excluding hydrogens is 370 g/mol. The molecular formula is C23H26NOS2. The molecule has 0 aliphatic rings. The SMILES string of the molecule is O=C(CCCC[CH]Cc1ccccc1)N(Cc1cccs1)Cc1cccs1. The third kappa shape index (κ3) is 6.96. The first-order valence-electron chi connectivity index (χ1n) is 9.49. The first-order chi connectivity index (χ1) is 13.3. The van der Waals surface area contributed by atoms with Crippen molar-refractivity contribution in [3.05, 3.63) is 87.1 Å². The lowest BCUT2D eigenvalue weighted by Crippen LogP contribution is -2.29. The van der Waals surface area contributed by atoms with Crippen LogP contribution in [-0.4, -0.2) is 10.8 Å². The standard InChI is InChI=1S/C23H26NOS2/c25-23(15-7-2-1-4-10-20-11-5-3-6-12-20)24(18-21-13-8-16-26-21)19-22-14-9-17-27-22/h3-6,8-9,11-14,16-17H,1-2,7,10,15,18-19H2. The molecule has 1 radical (unpaired) electrons. The second kappa shape index (κ2) is 11.1. The van der Waals surface area contributed by atoms with Crippen LogP contribution < -0.4 is 0 Å². The third-order valence-electron chi connectivity index (χ3n) is 4.48. The maximum Gasteiger partial charge on any atom is 0.223 e. The molecule has 0 unspecified atom stereocenters. The molecule has 2 nitrogen and oxygen atoms in total. The topological polar surface area (TPSA) is 20.3 Å². The van der Waals surface area contributed by atoms with E-state index in [0.29, 0.717) is 19.5 Å². The molecule has 0 spiro atoms. The van der Waals surface area contributed by atoms with E-state index in [-0.39, 0.29) is 5.91 Å². The first-order valence-corrected chi connectivity index (χ1v) is 11.3. The van der Waals surface area contributed by atoms with Gasteiger partial charge < -0.3 is 4.90 Å². The Morgan fingerprint density at radius 2 is 1.52 bits per heavy atom. The molecule has 4 heteroatoms. The fourth-order valence-electron chi connectivity index (χ4n) is 3.02. The Labute approximate surface area is 170 Å². The lowest BCUT2D eigenvalue weighted by molar-refractivity contribution is -0.132. The zero-order valence-corrected chi connectivity index (χ0v) is 17.2. The van der Waals surface area contributed by atoms with Gasteiger partial charge in [-0.1, -0.05) is 48.9 Å². The summed E-state index contributed by atoms with van der Waals surface area (Å²) in [5, 5.41) is 4.15. The Kier molecular flexibility index (Phi) is 8.12. The van der Waals surface area contributed by atoms with Gasteiger partial charge in [-0.2, -0.15) is 0 Å². The molecule has 0 fully saturated rings. The number of benzene rings is 1. The van der Waals surface area contributed by atoms with E-state index < -0.39 is 0 Å². The van der Waals surface area contributed by atoms with E-state index in [4.69, 9.17) is 0 Å². The van der Waals surface area contributed by atoms with Gasteiger partial charge in [0.25, 0.3) is 0 Å². The fraction of sp³-hybridized carbons (Fsp3) is 0.304. The highest BCUT2D eigenvalue weighted by atomic mass is 32.1. The second-order valence-electron chi connectivity index (χ2n) is 6.63. The molecule has 27 heavy (non-hydrogen) atoms. The minimum absolute atomic E-state index is 0.264. The van der Waals surface area contributed by atoms with Gasteiger partial charge in [0.05, 0.1) is 13.1 Å². The average molecular weight is 397 g/mol. The van der Waals surface area contributed by atoms with Gasteiger partial charge in [0.15, 0.2) is 0 Å². The molecule has 0 bridgehead atoms. The lowest BCUT2D eigenvalue weighted by Gasteiger charge is -2.21. The number of thiophene rings is 2. The van der Waals surface area contributed by atoms with Crippen molar-refractivity contribution in [3.63, 3.8) is 0 Å². The fourth-order valence-corrected chi connectivity index (χ4v) is 4.46. The van der Waals surface area contributed by atoms with E-state index in [2.05, 4.69) is 65.7 Å². The van der Waals surface area contributed by atoms with Crippen molar-refractivity contribution in [2.24, 2.45) is 0 Å². The van der Waals surface area contributed by atoms with Crippen molar-refractivity contribution in [3.8, 4) is 0 Å². The van der Waals surface area contributed by atoms with Crippen LogP contribution in [0.25, 0.3) is 0 Å². The predicted octanol–water partition coefficient (Wildman–Crippen LogP) is 6.35. The van der Waals surface area contributed by atoms with Crippen LogP contribution in [0, 0.1) is 6.42 Å². The molecule has 2 aromatic heterocycles. The van der Waals surface area contributed by atoms with Gasteiger partial charge >= 0.3 is 0 Å². The summed E-state index contributed by atoms with van der Waals surface area (Å²) in [6.45, 7) is 1.43. The van der Waals surface area contributed by atoms with E-state index >= 15 is 0 Å². The Bertz CT molecular complexity index is 730. The van der Waals surface area contributed by atoms with Crippen LogP contribution in [0.2, 0.25) is 0 Å². The normalized spacial score (nSPS) is 10.8. The Morgan fingerprint density at radius 3 is 2.11 bits per heavy atom. The molecule has 0 saturated heterocycles. The van der Waals surface area contributed by atoms with Crippen LogP contribution in [0.1, 0.15) is 41.0 Å². The van der Waals surface area contributed by atoms with Crippen molar-refractivity contribution in [2.75, 3.05) is 0 Å². The van der Waals surface area contributed by atoms with Crippen LogP contribution >= 0.6 is 22.7 Å². The number of nitrogens with zero attached hydrogens (tertiary/aromatic N) is 1. The minimum Gasteiger partial charge on any atom is -0.332 e. The molecule has 0 aliphatic heterocycles. The van der Waals surface area contributed by atoms with Crippen molar-refractivity contribution in [1.82, 2.24) is 4.90 Å². The van der Waals surface area contributed by atoms with Gasteiger partial charge in [-0.15, -0.1) is 22.7 Å². The lowest BCUT2D eigenvalue weighted by atomic mass is 10.1. The van der Waals surface area contributed by atoms with Crippen LogP contribution in [0.3, 0.4) is 0 Å². The van der Waals surface area contributed by atoms with Crippen molar-refractivity contribution in [2.45, 2.75) is 45.2 Å². The summed E-state index contributed by atoms with van der Waals surface area (Å²) in [6.07, 6.45) is 7.07. The average Bonchev–Trinajstić information content (AvgIpc) is 3.39. The summed E-state index contributed by atoms with van der Waals surface area (Å²) < 4.78 is 0. The van der Waals surface area contributed by atoms with Crippen LogP contribution in [0.4, 0.5) is 0 Å². The second-order valence-corrected chi connectivity index (χ2v) is 8.70. The van der Waals surface area contributed by atoms with Crippen LogP contribution in [0.15, 0.2) is 65.4 Å². The highest BCUT2D eigenvalue weighted by Crippen LogP contribution is 2.19. The molecule has 3 aromatic rings. The highest BCUT2D eigenvalue weighted by Gasteiger charge is 2.15. The summed E-state index contributed by atoms with van der Waals surface area (Å²) in [7, 11) is 0. The summed E-state index contributed by atoms with van der Waals surface area (Å²) >= 11 is 3.44. The van der Waals surface area contributed by atoms with Crippen molar-refractivity contribution < 1.29 is 4.79 Å². The highest BCUT2D eigenvalue weighted by molar-refractivity contribution is 7.10. The maximum atomic E-state index is 12.8. The summed E-state index contributed by atoms with van der Waals surface area (Å²) in [4.78, 5) is 17.3. The largest absolute Gasteiger partial charge is 0.332 e. The minimum atomic E-state index is 0.264. The molecule has 0 saturated carbocycles. The summed E-state index contributed by atoms with van der Waals surface area (Å²) in [5.41, 5.74) is 1.35. The van der Waals surface area contributed by atoms with Gasteiger partial charge in [0.2, 0.25) is 5.91 Å². The third-order valence-corrected chi connectivity index (χ3v) is 6.20. The van der Waals surface area contributed by atoms with E-state index in [1.807, 2.05) is 11.0 Å². The molecule has 0 aliphatic carbocycles. The number of hydrogen-bond acceptors (Lipinski definition) is 3. The van der Waals surface area contributed by atoms with Crippen molar-refractivity contribution >= 4 is 28.6 Å². The van der Waals surface area contributed by atoms with E-state index in [0.717, 1.165) is 25.7 Å². The quantitative estimate of drug-likeness (QED) is 0.346. The van der Waals surface area contributed by atoms with E-state index in [9.17, 15) is 4.79 Å². The van der Waals surface area contributed by atoms with Gasteiger partial charge in [-0.25, -0.2) is 0 Å². The molecule has 0 N–H and O–H groups in total. The van der Waals surface area contributed by atoms with Gasteiger partial charge in [-0.05, 0) is 54.1 Å². The van der Waals surface area contributed by atoms with E-state index in [1.165, 1.54) is 15.3 Å². The zero-order valence-electron chi connectivity index (χ0n) is 15.5. The molecule has 141 valence electrons. The number of carbonyl (C=O) groups is 1. The number of unbranched alkanes of at least 4 members (excludes halogenated alkanes) is 3. The van der Waals surface area contributed by atoms with Crippen molar-refractivity contribution in [1.29, 1.82) is 0 Å². The van der Waals surface area contributed by atoms with Gasteiger partial charge in [0.1, 0.15) is 0 Å². The zero-order chi connectivity index (χ0) is 18.7. The number of hydrogen-bond donors (Lipinski definition) is 0. The summed E-state index contributed by atoms with van der Waals surface area (Å²) in [5.74, 6) is 0.264. The predicted molar refractivity (Wildman–Crippen MR) is 116 cm³/mol. The number of amides is 1. The van der Waals surface area contributed by atoms with E-state index in [1.54, 1.807) is 22.7 Å². The Hall–Kier alpha value is -1.91. The Balaban J connectivity index is 1.40. The van der Waals surface area contributed by atoms with Gasteiger partial charge in [-0.3, -0.25) is 4.79 Å². The molecule has 1 amide bonds. The molecule has 0 atom stereocenters. The molecule has 1 aromatic carbocycles. The monoisotopic (exact) mass is 396 g/mol. The first kappa shape index (κ1) is 19.8. The molecule has 3 rings (SSSR count). The molecule has 2 heterocycles. The maximum absolute atomic E-state index is 12.8. The Morgan fingerprint density at radius 1 is 0.852 bits per heavy atom. The van der Waals surface area contributed by atoms with Gasteiger partial charge in [0, 0.05) is 16.2 Å². The number of rotatable bonds is 11. The van der Waals surface area contributed by atoms with Crippen LogP contribution in [-0.2, 0) is 24.3 Å². The smallest absolute Gasteiger partial charge is 0.223 e. The van der Waals surface area contributed by atoms with Crippen LogP contribution in [0.5, 0.6) is 0 Å². The summed E-state index contributed by atoms with van der Waals surface area (Å²) in [6, 6.07) is 18.9.